The number of nitrogens with one attached hydrogen (secondary N) is 6. The first-order valence-electron chi connectivity index (χ1n) is 27.3. The fourth-order valence-electron chi connectivity index (χ4n) is 12.7. The van der Waals surface area contributed by atoms with E-state index < -0.39 is 47.3 Å². The summed E-state index contributed by atoms with van der Waals surface area (Å²) in [6.07, 6.45) is 11.0. The molecule has 6 aliphatic rings. The van der Waals surface area contributed by atoms with Crippen LogP contribution in [0.3, 0.4) is 0 Å². The third-order valence-corrected chi connectivity index (χ3v) is 17.4. The first-order chi connectivity index (χ1) is 36.6. The van der Waals surface area contributed by atoms with Gasteiger partial charge in [0.25, 0.3) is 11.8 Å². The third kappa shape index (κ3) is 10.8. The number of H-pyrrole nitrogens is 1. The predicted octanol–water partition coefficient (Wildman–Crippen LogP) is 5.03. The van der Waals surface area contributed by atoms with Gasteiger partial charge in [-0.05, 0) is 81.5 Å². The lowest BCUT2D eigenvalue weighted by molar-refractivity contribution is -0.143. The number of carbonyl (C=O) groups is 6. The summed E-state index contributed by atoms with van der Waals surface area (Å²) in [6.45, 7) is 4.53. The Kier molecular flexibility index (Phi) is 15.4. The number of fused-ring (bicyclic) bond motifs is 3. The zero-order valence-corrected chi connectivity index (χ0v) is 43.6. The molecule has 4 fully saturated rings. The molecule has 6 N–H and O–H groups in total. The van der Waals surface area contributed by atoms with E-state index in [1.165, 1.54) is 5.56 Å². The van der Waals surface area contributed by atoms with Crippen molar-refractivity contribution < 1.29 is 42.3 Å². The Labute approximate surface area is 441 Å². The minimum absolute atomic E-state index is 0.00251. The lowest BCUT2D eigenvalue weighted by Crippen LogP contribution is -2.58. The van der Waals surface area contributed by atoms with E-state index in [0.717, 1.165) is 62.5 Å². The van der Waals surface area contributed by atoms with Crippen LogP contribution in [-0.4, -0.2) is 135 Å². The molecule has 2 aromatic carbocycles. The molecule has 4 aromatic rings. The van der Waals surface area contributed by atoms with Gasteiger partial charge in [-0.3, -0.25) is 38.5 Å². The van der Waals surface area contributed by atoms with Crippen LogP contribution in [0.2, 0.25) is 0 Å². The largest absolute Gasteiger partial charge is 0.380 e. The molecule has 2 aromatic heterocycles. The van der Waals surface area contributed by atoms with Gasteiger partial charge in [0.1, 0.15) is 12.1 Å². The Morgan fingerprint density at radius 1 is 0.895 bits per heavy atom. The number of amides is 6. The van der Waals surface area contributed by atoms with Gasteiger partial charge in [-0.15, -0.1) is 0 Å². The van der Waals surface area contributed by atoms with Crippen molar-refractivity contribution in [3.8, 4) is 0 Å². The number of hydrogen-bond donors (Lipinski definition) is 6. The van der Waals surface area contributed by atoms with Crippen molar-refractivity contribution in [2.45, 2.75) is 139 Å². The Morgan fingerprint density at radius 2 is 1.64 bits per heavy atom. The minimum atomic E-state index is -2.78. The van der Waals surface area contributed by atoms with Crippen molar-refractivity contribution in [3.05, 3.63) is 101 Å². The van der Waals surface area contributed by atoms with E-state index in [1.807, 2.05) is 48.5 Å². The van der Waals surface area contributed by atoms with Gasteiger partial charge in [-0.25, -0.2) is 8.78 Å². The molecule has 4 aliphatic carbocycles. The average molecular weight is 1050 g/mol. The number of hydrogen-bond acceptors (Lipinski definition) is 10. The van der Waals surface area contributed by atoms with Crippen LogP contribution in [0.25, 0.3) is 0 Å². The number of halogens is 2. The van der Waals surface area contributed by atoms with E-state index in [2.05, 4.69) is 47.9 Å². The van der Waals surface area contributed by atoms with Crippen LogP contribution in [0.15, 0.2) is 67.0 Å². The number of alkyl halides is 2. The van der Waals surface area contributed by atoms with Crippen LogP contribution in [0.5, 0.6) is 0 Å². The molecule has 8 atom stereocenters. The van der Waals surface area contributed by atoms with Crippen molar-refractivity contribution in [1.82, 2.24) is 51.0 Å². The molecule has 0 radical (unpaired) electrons. The zero-order valence-electron chi connectivity index (χ0n) is 43.6. The first kappa shape index (κ1) is 52.9. The third-order valence-electron chi connectivity index (χ3n) is 17.4. The normalized spacial score (nSPS) is 24.9. The molecule has 2 unspecified atom stereocenters. The molecule has 406 valence electrons. The number of aryl methyl sites for hydroxylation is 1. The van der Waals surface area contributed by atoms with Gasteiger partial charge >= 0.3 is 0 Å². The maximum absolute atomic E-state index is 14.7. The Morgan fingerprint density at radius 3 is 2.42 bits per heavy atom. The molecular formula is C56H71F2N11O7. The highest BCUT2D eigenvalue weighted by Gasteiger charge is 2.78. The van der Waals surface area contributed by atoms with Crippen LogP contribution >= 0.6 is 0 Å². The van der Waals surface area contributed by atoms with Crippen LogP contribution < -0.4 is 26.6 Å². The van der Waals surface area contributed by atoms with Crippen LogP contribution in [-0.2, 0) is 48.0 Å². The Hall–Kier alpha value is -6.54. The standard InChI is InChI=1S/C56H71F2N11O7/c1-33(59-3)51(72)64-48(35-14-6-4-7-15-35)54(75)68-31-38(25-44(68)52(73)63-42-20-12-18-34-13-10-11-19-40(34)42)61-46(70)21-23-76-24-22-47(71)67-29-37(30-67)50(36-16-8-5-9-17-36)69-32-39(28-60-69)62-53(74)49-41-26-45-55(2,56(45,57)58)27-43(41)65-66-49/h5,8-11,13,16-17,19,28,32-33,35,37-38,42,44-45,48,50,59H,4,6-7,12,14-15,18,20-27,29-31H2,1-3H3,(H,61,70)(H,62,74)(H,63,73)(H,64,72)(H,65,66)/t33-,38-,42?,44-,45-,48?,50+,55+/m0/s1. The quantitative estimate of drug-likeness (QED) is 0.0688. The van der Waals surface area contributed by atoms with Gasteiger partial charge in [0.2, 0.25) is 29.5 Å². The molecule has 76 heavy (non-hydrogen) atoms. The fraction of sp³-hybridized carbons (Fsp3) is 0.571. The van der Waals surface area contributed by atoms with Gasteiger partial charge in [0, 0.05) is 73.2 Å². The maximum Gasteiger partial charge on any atom is 0.276 e. The summed E-state index contributed by atoms with van der Waals surface area (Å²) in [4.78, 5) is 85.9. The lowest BCUT2D eigenvalue weighted by Gasteiger charge is -2.43. The number of anilines is 1. The summed E-state index contributed by atoms with van der Waals surface area (Å²) in [5.41, 5.74) is 3.78. The first-order valence-corrected chi connectivity index (χ1v) is 27.3. The smallest absolute Gasteiger partial charge is 0.276 e. The molecule has 20 heteroatoms. The monoisotopic (exact) mass is 1050 g/mol. The van der Waals surface area contributed by atoms with Gasteiger partial charge in [-0.2, -0.15) is 10.2 Å². The molecule has 0 bridgehead atoms. The van der Waals surface area contributed by atoms with Crippen molar-refractivity contribution in [2.75, 3.05) is 45.2 Å². The second-order valence-electron chi connectivity index (χ2n) is 22.2. The summed E-state index contributed by atoms with van der Waals surface area (Å²) >= 11 is 0. The van der Waals surface area contributed by atoms with Gasteiger partial charge < -0.3 is 41.1 Å². The highest BCUT2D eigenvalue weighted by Crippen LogP contribution is 2.70. The van der Waals surface area contributed by atoms with E-state index in [9.17, 15) is 37.5 Å². The summed E-state index contributed by atoms with van der Waals surface area (Å²) in [5.74, 6) is -5.44. The van der Waals surface area contributed by atoms with E-state index in [-0.39, 0.29) is 111 Å². The number of benzene rings is 2. The molecule has 10 rings (SSSR count). The van der Waals surface area contributed by atoms with E-state index in [4.69, 9.17) is 4.74 Å². The number of likely N-dealkylation sites (tertiary alicyclic amines) is 2. The molecular weight excluding hydrogens is 977 g/mol. The van der Waals surface area contributed by atoms with E-state index in [1.54, 1.807) is 47.8 Å². The molecule has 6 amide bonds. The topological polar surface area (TPSA) is 225 Å². The number of aromatic amines is 1. The van der Waals surface area contributed by atoms with E-state index >= 15 is 0 Å². The summed E-state index contributed by atoms with van der Waals surface area (Å²) < 4.78 is 36.7. The van der Waals surface area contributed by atoms with Crippen molar-refractivity contribution in [2.24, 2.45) is 23.2 Å². The number of ether oxygens (including phenoxy) is 1. The molecule has 0 spiro atoms. The Bertz CT molecular complexity index is 2790. The molecule has 18 nitrogen and oxygen atoms in total. The van der Waals surface area contributed by atoms with Crippen LogP contribution in [0.1, 0.15) is 129 Å². The number of nitrogens with zero attached hydrogens (tertiary/aromatic N) is 5. The van der Waals surface area contributed by atoms with Gasteiger partial charge in [0.15, 0.2) is 5.69 Å². The second-order valence-corrected chi connectivity index (χ2v) is 22.2. The van der Waals surface area contributed by atoms with Gasteiger partial charge in [0.05, 0.1) is 49.6 Å². The maximum atomic E-state index is 14.7. The molecule has 2 saturated carbocycles. The second kappa shape index (κ2) is 22.2. The number of carbonyl (C=O) groups excluding carboxylic acids is 6. The highest BCUT2D eigenvalue weighted by atomic mass is 19.3. The predicted molar refractivity (Wildman–Crippen MR) is 277 cm³/mol. The summed E-state index contributed by atoms with van der Waals surface area (Å²) in [6, 6.07) is 14.7. The fourth-order valence-corrected chi connectivity index (χ4v) is 12.7. The lowest BCUT2D eigenvalue weighted by atomic mass is 9.83. The Balaban J connectivity index is 0.709. The number of aromatic nitrogens is 4. The van der Waals surface area contributed by atoms with E-state index in [0.29, 0.717) is 30.0 Å². The molecule has 4 heterocycles. The van der Waals surface area contributed by atoms with Crippen LogP contribution in [0.4, 0.5) is 14.5 Å². The summed E-state index contributed by atoms with van der Waals surface area (Å²) in [7, 11) is 1.69. The highest BCUT2D eigenvalue weighted by molar-refractivity contribution is 6.04. The van der Waals surface area contributed by atoms with Crippen molar-refractivity contribution in [3.63, 3.8) is 0 Å². The number of rotatable bonds is 19. The number of likely N-dealkylation sites (N-methyl/N-ethyl adjacent to an activating group) is 1. The average Bonchev–Trinajstić information content (AvgIpc) is 4.19. The molecule has 2 saturated heterocycles. The summed E-state index contributed by atoms with van der Waals surface area (Å²) in [5, 5.41) is 26.8. The SMILES string of the molecule is CN[C@@H](C)C(=O)NC(C(=O)N1C[C@@H](NC(=O)CCOCCC(=O)N2CC([C@@H](c3ccccc3)n3cc(NC(=O)c4n[nH]c5c4C[C@@H]4C(F)(F)[C@]4(C)C5)cn3)C2)C[C@H]1C(=O)NC1CCCc2ccccc21)C1CCCCC1. The van der Waals surface area contributed by atoms with Crippen LogP contribution in [0, 0.1) is 23.2 Å². The minimum Gasteiger partial charge on any atom is -0.380 e. The van der Waals surface area contributed by atoms with Crippen molar-refractivity contribution >= 4 is 41.1 Å². The zero-order chi connectivity index (χ0) is 53.3. The van der Waals surface area contributed by atoms with Gasteiger partial charge in [-0.1, -0.05) is 80.8 Å². The van der Waals surface area contributed by atoms with Crippen molar-refractivity contribution in [1.29, 1.82) is 0 Å². The molecule has 2 aliphatic heterocycles.